The molecule has 0 aliphatic carbocycles. The second-order valence-corrected chi connectivity index (χ2v) is 5.99. The molecule has 3 aromatic rings. The van der Waals surface area contributed by atoms with Crippen LogP contribution >= 0.6 is 11.5 Å². The fourth-order valence-corrected chi connectivity index (χ4v) is 2.86. The van der Waals surface area contributed by atoms with Crippen LogP contribution in [0.2, 0.25) is 0 Å². The molecule has 0 aliphatic heterocycles. The van der Waals surface area contributed by atoms with Crippen molar-refractivity contribution in [1.29, 1.82) is 0 Å². The number of hydrogen-bond donors (Lipinski definition) is 1. The number of carboxylic acids is 1. The van der Waals surface area contributed by atoms with E-state index in [0.29, 0.717) is 23.2 Å². The molecule has 0 radical (unpaired) electrons. The van der Waals surface area contributed by atoms with E-state index in [1.807, 2.05) is 24.3 Å². The van der Waals surface area contributed by atoms with Crippen molar-refractivity contribution in [3.63, 3.8) is 0 Å². The summed E-state index contributed by atoms with van der Waals surface area (Å²) in [6, 6.07) is 12.0. The van der Waals surface area contributed by atoms with Gasteiger partial charge < -0.3 is 19.3 Å². The van der Waals surface area contributed by atoms with Crippen molar-refractivity contribution < 1.29 is 24.1 Å². The van der Waals surface area contributed by atoms with Crippen molar-refractivity contribution in [2.75, 3.05) is 14.2 Å². The first kappa shape index (κ1) is 17.7. The predicted octanol–water partition coefficient (Wildman–Crippen LogP) is 3.64. The Morgan fingerprint density at radius 1 is 1.12 bits per heavy atom. The minimum Gasteiger partial charge on any atom is -0.497 e. The SMILES string of the molecule is COc1cccc(Cc2nsc(Oc3cc(C(=O)O)ccc3OC)n2)c1. The van der Waals surface area contributed by atoms with Gasteiger partial charge in [-0.1, -0.05) is 12.1 Å². The number of benzene rings is 2. The number of ether oxygens (including phenoxy) is 3. The molecule has 0 unspecified atom stereocenters. The van der Waals surface area contributed by atoms with Crippen LogP contribution in [0.25, 0.3) is 0 Å². The first-order chi connectivity index (χ1) is 12.6. The number of methoxy groups -OCH3 is 2. The molecule has 3 rings (SSSR count). The lowest BCUT2D eigenvalue weighted by Crippen LogP contribution is -1.98. The van der Waals surface area contributed by atoms with Crippen LogP contribution in [0.15, 0.2) is 42.5 Å². The van der Waals surface area contributed by atoms with Crippen LogP contribution in [0.1, 0.15) is 21.7 Å². The molecule has 0 saturated carbocycles. The molecule has 1 N–H and O–H groups in total. The maximum atomic E-state index is 11.1. The summed E-state index contributed by atoms with van der Waals surface area (Å²) in [5, 5.41) is 9.43. The molecule has 0 atom stereocenters. The van der Waals surface area contributed by atoms with Gasteiger partial charge in [-0.05, 0) is 35.9 Å². The van der Waals surface area contributed by atoms with E-state index in [4.69, 9.17) is 19.3 Å². The van der Waals surface area contributed by atoms with Crippen LogP contribution < -0.4 is 14.2 Å². The van der Waals surface area contributed by atoms with Crippen molar-refractivity contribution in [2.45, 2.75) is 6.42 Å². The van der Waals surface area contributed by atoms with E-state index < -0.39 is 5.97 Å². The maximum absolute atomic E-state index is 11.1. The Kier molecular flexibility index (Phi) is 5.33. The van der Waals surface area contributed by atoms with Crippen molar-refractivity contribution >= 4 is 17.5 Å². The molecule has 134 valence electrons. The summed E-state index contributed by atoms with van der Waals surface area (Å²) < 4.78 is 20.4. The highest BCUT2D eigenvalue weighted by molar-refractivity contribution is 7.07. The lowest BCUT2D eigenvalue weighted by Gasteiger charge is -2.08. The number of aromatic nitrogens is 2. The zero-order chi connectivity index (χ0) is 18.5. The number of nitrogens with zero attached hydrogens (tertiary/aromatic N) is 2. The van der Waals surface area contributed by atoms with Crippen LogP contribution in [-0.2, 0) is 6.42 Å². The third-order valence-corrected chi connectivity index (χ3v) is 4.19. The smallest absolute Gasteiger partial charge is 0.335 e. The molecule has 8 heteroatoms. The zero-order valence-electron chi connectivity index (χ0n) is 14.1. The van der Waals surface area contributed by atoms with E-state index in [1.54, 1.807) is 7.11 Å². The molecule has 0 fully saturated rings. The van der Waals surface area contributed by atoms with Gasteiger partial charge in [-0.15, -0.1) is 0 Å². The molecule has 1 aromatic heterocycles. The Morgan fingerprint density at radius 2 is 1.96 bits per heavy atom. The predicted molar refractivity (Wildman–Crippen MR) is 95.7 cm³/mol. The second kappa shape index (κ2) is 7.83. The van der Waals surface area contributed by atoms with E-state index in [1.165, 1.54) is 25.3 Å². The summed E-state index contributed by atoms with van der Waals surface area (Å²) in [4.78, 5) is 15.5. The summed E-state index contributed by atoms with van der Waals surface area (Å²) >= 11 is 1.09. The number of aromatic carboxylic acids is 1. The molecule has 0 bridgehead atoms. The van der Waals surface area contributed by atoms with Gasteiger partial charge in [-0.2, -0.15) is 9.36 Å². The molecular weight excluding hydrogens is 356 g/mol. The Hall–Kier alpha value is -3.13. The van der Waals surface area contributed by atoms with E-state index >= 15 is 0 Å². The molecule has 26 heavy (non-hydrogen) atoms. The van der Waals surface area contributed by atoms with E-state index in [9.17, 15) is 4.79 Å². The van der Waals surface area contributed by atoms with E-state index in [2.05, 4.69) is 9.36 Å². The number of hydrogen-bond acceptors (Lipinski definition) is 7. The van der Waals surface area contributed by atoms with E-state index in [0.717, 1.165) is 22.8 Å². The Balaban J connectivity index is 1.78. The third-order valence-electron chi connectivity index (χ3n) is 3.55. The summed E-state index contributed by atoms with van der Waals surface area (Å²) in [5.74, 6) is 1.01. The van der Waals surface area contributed by atoms with Gasteiger partial charge in [0.05, 0.1) is 19.8 Å². The molecule has 0 aliphatic rings. The van der Waals surface area contributed by atoms with Crippen LogP contribution in [0, 0.1) is 0 Å². The van der Waals surface area contributed by atoms with Gasteiger partial charge >= 0.3 is 5.97 Å². The van der Waals surface area contributed by atoms with Gasteiger partial charge in [0.15, 0.2) is 17.3 Å². The first-order valence-electron chi connectivity index (χ1n) is 7.63. The lowest BCUT2D eigenvalue weighted by atomic mass is 10.1. The molecule has 0 amide bonds. The van der Waals surface area contributed by atoms with Gasteiger partial charge in [-0.25, -0.2) is 4.79 Å². The highest BCUT2D eigenvalue weighted by atomic mass is 32.1. The molecule has 7 nitrogen and oxygen atoms in total. The van der Waals surface area contributed by atoms with E-state index in [-0.39, 0.29) is 11.3 Å². The van der Waals surface area contributed by atoms with Gasteiger partial charge in [0.25, 0.3) is 5.19 Å². The van der Waals surface area contributed by atoms with Crippen LogP contribution in [-0.4, -0.2) is 34.7 Å². The largest absolute Gasteiger partial charge is 0.497 e. The van der Waals surface area contributed by atoms with Gasteiger partial charge in [0.1, 0.15) is 5.75 Å². The average Bonchev–Trinajstić information content (AvgIpc) is 3.08. The fourth-order valence-electron chi connectivity index (χ4n) is 2.30. The lowest BCUT2D eigenvalue weighted by molar-refractivity contribution is 0.0696. The molecular formula is C18H16N2O5S. The van der Waals surface area contributed by atoms with Crippen LogP contribution in [0.3, 0.4) is 0 Å². The Morgan fingerprint density at radius 3 is 2.69 bits per heavy atom. The van der Waals surface area contributed by atoms with Gasteiger partial charge in [-0.3, -0.25) is 0 Å². The normalized spacial score (nSPS) is 10.4. The highest BCUT2D eigenvalue weighted by Gasteiger charge is 2.14. The number of carboxylic acid groups (broad SMARTS) is 1. The van der Waals surface area contributed by atoms with Gasteiger partial charge in [0.2, 0.25) is 0 Å². The summed E-state index contributed by atoms with van der Waals surface area (Å²) in [6.45, 7) is 0. The van der Waals surface area contributed by atoms with Gasteiger partial charge in [0, 0.05) is 18.0 Å². The zero-order valence-corrected chi connectivity index (χ0v) is 14.9. The van der Waals surface area contributed by atoms with Crippen molar-refractivity contribution in [1.82, 2.24) is 9.36 Å². The summed E-state index contributed by atoms with van der Waals surface area (Å²) in [6.07, 6.45) is 0.531. The van der Waals surface area contributed by atoms with Crippen molar-refractivity contribution in [2.24, 2.45) is 0 Å². The second-order valence-electron chi connectivity index (χ2n) is 5.28. The third kappa shape index (κ3) is 4.09. The fraction of sp³-hybridized carbons (Fsp3) is 0.167. The average molecular weight is 372 g/mol. The highest BCUT2D eigenvalue weighted by Crippen LogP contribution is 2.33. The standard InChI is InChI=1S/C18H16N2O5S/c1-23-13-5-3-4-11(8-13)9-16-19-18(26-20-16)25-15-10-12(17(21)22)6-7-14(15)24-2/h3-8,10H,9H2,1-2H3,(H,21,22). The summed E-state index contributed by atoms with van der Waals surface area (Å²) in [7, 11) is 3.10. The molecule has 0 spiro atoms. The first-order valence-corrected chi connectivity index (χ1v) is 8.41. The number of rotatable bonds is 7. The number of carbonyl (C=O) groups is 1. The monoisotopic (exact) mass is 372 g/mol. The molecule has 2 aromatic carbocycles. The topological polar surface area (TPSA) is 90.8 Å². The van der Waals surface area contributed by atoms with Crippen molar-refractivity contribution in [3.8, 4) is 22.4 Å². The quantitative estimate of drug-likeness (QED) is 0.677. The molecule has 1 heterocycles. The Labute approximate surface area is 154 Å². The maximum Gasteiger partial charge on any atom is 0.335 e. The van der Waals surface area contributed by atoms with Crippen LogP contribution in [0.4, 0.5) is 0 Å². The van der Waals surface area contributed by atoms with Crippen LogP contribution in [0.5, 0.6) is 22.4 Å². The molecule has 0 saturated heterocycles. The minimum absolute atomic E-state index is 0.0990. The summed E-state index contributed by atoms with van der Waals surface area (Å²) in [5.41, 5.74) is 1.11. The van der Waals surface area contributed by atoms with Crippen molar-refractivity contribution in [3.05, 3.63) is 59.4 Å². The minimum atomic E-state index is -1.05. The Bertz CT molecular complexity index is 925.